The molecule has 3 heteroatoms. The SMILES string of the molecule is O=C(C1CCCC1)N1CC(O)C1. The summed E-state index contributed by atoms with van der Waals surface area (Å²) >= 11 is 0. The standard InChI is InChI=1S/C9H15NO2/c11-8-5-10(6-8)9(12)7-3-1-2-4-7/h7-8,11H,1-6H2. The second-order valence-corrected chi connectivity index (χ2v) is 3.88. The van der Waals surface area contributed by atoms with Crippen molar-refractivity contribution in [2.24, 2.45) is 5.92 Å². The molecule has 3 nitrogen and oxygen atoms in total. The number of β-amino-alcohol motifs (C(OH)–C–C–N with tert-alkyl or cyclic N) is 1. The summed E-state index contributed by atoms with van der Waals surface area (Å²) < 4.78 is 0. The molecule has 0 aromatic carbocycles. The fourth-order valence-corrected chi connectivity index (χ4v) is 2.07. The number of nitrogens with zero attached hydrogens (tertiary/aromatic N) is 1. The maximum absolute atomic E-state index is 11.6. The van der Waals surface area contributed by atoms with Gasteiger partial charge < -0.3 is 10.0 Å². The summed E-state index contributed by atoms with van der Waals surface area (Å²) in [5.74, 6) is 0.551. The van der Waals surface area contributed by atoms with Gasteiger partial charge in [-0.3, -0.25) is 4.79 Å². The Kier molecular flexibility index (Phi) is 2.05. The molecule has 1 heterocycles. The van der Waals surface area contributed by atoms with Crippen LogP contribution in [0.3, 0.4) is 0 Å². The number of hydrogen-bond acceptors (Lipinski definition) is 2. The van der Waals surface area contributed by atoms with Crippen molar-refractivity contribution in [2.75, 3.05) is 13.1 Å². The fraction of sp³-hybridized carbons (Fsp3) is 0.889. The summed E-state index contributed by atoms with van der Waals surface area (Å²) in [6.07, 6.45) is 4.27. The number of carbonyl (C=O) groups excluding carboxylic acids is 1. The van der Waals surface area contributed by atoms with E-state index in [9.17, 15) is 4.79 Å². The summed E-state index contributed by atoms with van der Waals surface area (Å²) in [6, 6.07) is 0. The Morgan fingerprint density at radius 1 is 1.25 bits per heavy atom. The van der Waals surface area contributed by atoms with Crippen LogP contribution in [0, 0.1) is 5.92 Å². The molecule has 0 unspecified atom stereocenters. The van der Waals surface area contributed by atoms with E-state index in [0.29, 0.717) is 13.1 Å². The molecular weight excluding hydrogens is 154 g/mol. The maximum Gasteiger partial charge on any atom is 0.225 e. The van der Waals surface area contributed by atoms with E-state index >= 15 is 0 Å². The third kappa shape index (κ3) is 1.33. The van der Waals surface area contributed by atoms with E-state index in [0.717, 1.165) is 12.8 Å². The monoisotopic (exact) mass is 169 g/mol. The van der Waals surface area contributed by atoms with E-state index in [1.807, 2.05) is 0 Å². The Bertz CT molecular complexity index is 181. The van der Waals surface area contributed by atoms with E-state index in [1.165, 1.54) is 12.8 Å². The Hall–Kier alpha value is -0.570. The number of rotatable bonds is 1. The van der Waals surface area contributed by atoms with Crippen LogP contribution in [0.2, 0.25) is 0 Å². The van der Waals surface area contributed by atoms with E-state index in [4.69, 9.17) is 5.11 Å². The molecule has 1 N–H and O–H groups in total. The summed E-state index contributed by atoms with van der Waals surface area (Å²) in [5, 5.41) is 9.02. The molecule has 0 atom stereocenters. The fourth-order valence-electron chi connectivity index (χ4n) is 2.07. The van der Waals surface area contributed by atoms with Crippen molar-refractivity contribution >= 4 is 5.91 Å². The highest BCUT2D eigenvalue weighted by molar-refractivity contribution is 5.79. The highest BCUT2D eigenvalue weighted by atomic mass is 16.3. The van der Waals surface area contributed by atoms with Gasteiger partial charge in [-0.05, 0) is 12.8 Å². The van der Waals surface area contributed by atoms with Crippen LogP contribution >= 0.6 is 0 Å². The molecule has 1 saturated carbocycles. The number of amides is 1. The van der Waals surface area contributed by atoms with Crippen LogP contribution < -0.4 is 0 Å². The largest absolute Gasteiger partial charge is 0.389 e. The normalized spacial score (nSPS) is 25.9. The summed E-state index contributed by atoms with van der Waals surface area (Å²) in [7, 11) is 0. The van der Waals surface area contributed by atoms with E-state index in [1.54, 1.807) is 4.90 Å². The van der Waals surface area contributed by atoms with Crippen LogP contribution in [0.15, 0.2) is 0 Å². The predicted molar refractivity (Wildman–Crippen MR) is 44.5 cm³/mol. The van der Waals surface area contributed by atoms with Gasteiger partial charge in [-0.15, -0.1) is 0 Å². The Balaban J connectivity index is 1.83. The van der Waals surface area contributed by atoms with Crippen LogP contribution in [0.25, 0.3) is 0 Å². The molecule has 68 valence electrons. The van der Waals surface area contributed by atoms with Gasteiger partial charge in [0.15, 0.2) is 0 Å². The lowest BCUT2D eigenvalue weighted by molar-refractivity contribution is -0.145. The van der Waals surface area contributed by atoms with E-state index < -0.39 is 0 Å². The van der Waals surface area contributed by atoms with Crippen molar-refractivity contribution in [2.45, 2.75) is 31.8 Å². The zero-order valence-electron chi connectivity index (χ0n) is 7.20. The first-order valence-electron chi connectivity index (χ1n) is 4.74. The molecule has 1 aliphatic heterocycles. The molecule has 0 bridgehead atoms. The number of likely N-dealkylation sites (tertiary alicyclic amines) is 1. The average Bonchev–Trinajstić information content (AvgIpc) is 2.49. The lowest BCUT2D eigenvalue weighted by atomic mass is 10.0. The average molecular weight is 169 g/mol. The summed E-state index contributed by atoms with van der Waals surface area (Å²) in [5.41, 5.74) is 0. The van der Waals surface area contributed by atoms with Gasteiger partial charge in [0, 0.05) is 19.0 Å². The first-order valence-corrected chi connectivity index (χ1v) is 4.74. The van der Waals surface area contributed by atoms with Crippen LogP contribution in [0.4, 0.5) is 0 Å². The van der Waals surface area contributed by atoms with Crippen LogP contribution in [0.1, 0.15) is 25.7 Å². The Morgan fingerprint density at radius 2 is 1.83 bits per heavy atom. The van der Waals surface area contributed by atoms with Crippen molar-refractivity contribution in [3.05, 3.63) is 0 Å². The van der Waals surface area contributed by atoms with Gasteiger partial charge in [0.25, 0.3) is 0 Å². The lowest BCUT2D eigenvalue weighted by Gasteiger charge is -2.37. The number of carbonyl (C=O) groups is 1. The molecule has 1 saturated heterocycles. The van der Waals surface area contributed by atoms with E-state index in [2.05, 4.69) is 0 Å². The summed E-state index contributed by atoms with van der Waals surface area (Å²) in [4.78, 5) is 13.4. The molecule has 2 fully saturated rings. The van der Waals surface area contributed by atoms with Gasteiger partial charge >= 0.3 is 0 Å². The molecule has 1 amide bonds. The number of aliphatic hydroxyl groups is 1. The number of aliphatic hydroxyl groups excluding tert-OH is 1. The van der Waals surface area contributed by atoms with Gasteiger partial charge in [-0.1, -0.05) is 12.8 Å². The first kappa shape index (κ1) is 8.05. The highest BCUT2D eigenvalue weighted by Gasteiger charge is 2.34. The summed E-state index contributed by atoms with van der Waals surface area (Å²) in [6.45, 7) is 1.13. The molecule has 0 aromatic rings. The molecule has 0 spiro atoms. The zero-order chi connectivity index (χ0) is 8.55. The lowest BCUT2D eigenvalue weighted by Crippen LogP contribution is -2.55. The molecular formula is C9H15NO2. The highest BCUT2D eigenvalue weighted by Crippen LogP contribution is 2.27. The minimum Gasteiger partial charge on any atom is -0.389 e. The molecule has 0 radical (unpaired) electrons. The van der Waals surface area contributed by atoms with Crippen molar-refractivity contribution in [3.8, 4) is 0 Å². The quantitative estimate of drug-likeness (QED) is 0.616. The minimum atomic E-state index is -0.254. The molecule has 1 aliphatic carbocycles. The van der Waals surface area contributed by atoms with Crippen molar-refractivity contribution < 1.29 is 9.90 Å². The minimum absolute atomic E-state index is 0.254. The van der Waals surface area contributed by atoms with Crippen molar-refractivity contribution in [1.82, 2.24) is 4.90 Å². The first-order chi connectivity index (χ1) is 5.77. The van der Waals surface area contributed by atoms with Crippen molar-refractivity contribution in [3.63, 3.8) is 0 Å². The third-order valence-corrected chi connectivity index (χ3v) is 2.88. The second-order valence-electron chi connectivity index (χ2n) is 3.88. The van der Waals surface area contributed by atoms with Crippen LogP contribution in [0.5, 0.6) is 0 Å². The maximum atomic E-state index is 11.6. The molecule has 2 rings (SSSR count). The van der Waals surface area contributed by atoms with Gasteiger partial charge in [0.05, 0.1) is 6.10 Å². The second kappa shape index (κ2) is 3.05. The van der Waals surface area contributed by atoms with Crippen LogP contribution in [-0.4, -0.2) is 35.1 Å². The molecule has 2 aliphatic rings. The van der Waals surface area contributed by atoms with Gasteiger partial charge in [0.1, 0.15) is 0 Å². The van der Waals surface area contributed by atoms with Crippen LogP contribution in [-0.2, 0) is 4.79 Å². The van der Waals surface area contributed by atoms with Crippen molar-refractivity contribution in [1.29, 1.82) is 0 Å². The number of hydrogen-bond donors (Lipinski definition) is 1. The zero-order valence-corrected chi connectivity index (χ0v) is 7.20. The predicted octanol–water partition coefficient (Wildman–Crippen LogP) is 0.380. The topological polar surface area (TPSA) is 40.5 Å². The molecule has 0 aromatic heterocycles. The molecule has 12 heavy (non-hydrogen) atoms. The van der Waals surface area contributed by atoms with Gasteiger partial charge in [-0.2, -0.15) is 0 Å². The van der Waals surface area contributed by atoms with Gasteiger partial charge in [0.2, 0.25) is 5.91 Å². The van der Waals surface area contributed by atoms with E-state index in [-0.39, 0.29) is 17.9 Å². The van der Waals surface area contributed by atoms with Gasteiger partial charge in [-0.25, -0.2) is 0 Å². The Labute approximate surface area is 72.4 Å². The smallest absolute Gasteiger partial charge is 0.225 e. The third-order valence-electron chi connectivity index (χ3n) is 2.88. The Morgan fingerprint density at radius 3 is 2.33 bits per heavy atom.